The Morgan fingerprint density at radius 1 is 1.06 bits per heavy atom. The predicted octanol–water partition coefficient (Wildman–Crippen LogP) is 1.17. The number of hydrogen-bond acceptors (Lipinski definition) is 8. The number of likely N-dealkylation sites (N-methyl/N-ethyl adjacent to an activating group) is 1. The van der Waals surface area contributed by atoms with Gasteiger partial charge in [-0.05, 0) is 43.4 Å². The van der Waals surface area contributed by atoms with E-state index in [-0.39, 0.29) is 16.7 Å². The fourth-order valence-electron chi connectivity index (χ4n) is 4.19. The van der Waals surface area contributed by atoms with Crippen molar-refractivity contribution in [2.45, 2.75) is 12.1 Å². The van der Waals surface area contributed by atoms with Crippen LogP contribution in [0.1, 0.15) is 43.9 Å². The highest BCUT2D eigenvalue weighted by atomic mass is 32.2. The molecule has 0 saturated carbocycles. The summed E-state index contributed by atoms with van der Waals surface area (Å²) < 4.78 is 35.2. The van der Waals surface area contributed by atoms with Gasteiger partial charge in [-0.1, -0.05) is 18.2 Å². The molecule has 2 atom stereocenters. The number of hydrogen-bond donors (Lipinski definition) is 1. The quantitative estimate of drug-likeness (QED) is 0.519. The Hall–Kier alpha value is -3.44. The molecule has 2 unspecified atom stereocenters. The summed E-state index contributed by atoms with van der Waals surface area (Å²) in [5.41, 5.74) is 6.34. The monoisotopic (exact) mass is 489 g/mol. The lowest BCUT2D eigenvalue weighted by Gasteiger charge is -2.27. The summed E-state index contributed by atoms with van der Waals surface area (Å²) in [5, 5.41) is 0. The third-order valence-corrected chi connectivity index (χ3v) is 6.54. The maximum absolute atomic E-state index is 13.6. The van der Waals surface area contributed by atoms with Gasteiger partial charge in [0.1, 0.15) is 15.9 Å². The molecule has 10 nitrogen and oxygen atoms in total. The fraction of sp³-hybridized carbons (Fsp3) is 0.348. The van der Waals surface area contributed by atoms with Crippen LogP contribution in [-0.4, -0.2) is 76.3 Å². The maximum Gasteiger partial charge on any atom is 0.262 e. The van der Waals surface area contributed by atoms with Gasteiger partial charge >= 0.3 is 0 Å². The van der Waals surface area contributed by atoms with E-state index in [1.807, 2.05) is 0 Å². The molecule has 0 fully saturated rings. The van der Waals surface area contributed by atoms with E-state index in [1.165, 1.54) is 26.4 Å². The molecule has 3 amide bonds. The molecule has 34 heavy (non-hydrogen) atoms. The topological polar surface area (TPSA) is 136 Å². The minimum Gasteiger partial charge on any atom is -0.493 e. The number of fused-ring (bicyclic) bond motifs is 1. The Balaban J connectivity index is 2.18. The number of methoxy groups -OCH3 is 2. The number of carbonyl (C=O) groups is 3. The summed E-state index contributed by atoms with van der Waals surface area (Å²) in [7, 11) is 2.50. The summed E-state index contributed by atoms with van der Waals surface area (Å²) in [6, 6.07) is 7.18. The molecule has 2 aromatic rings. The molecule has 11 heteroatoms. The summed E-state index contributed by atoms with van der Waals surface area (Å²) in [6.07, 6.45) is 1.03. The molecular weight excluding hydrogens is 462 g/mol. The molecule has 0 saturated heterocycles. The zero-order chi connectivity index (χ0) is 25.4. The standard InChI is InChI=1S/C23H27N3O7S/c1-25(2)20(21(24)27)14-7-6-8-15-19(14)23(29)26(22(15)28)16(12-34(5,30)31)13-9-10-17(32-3)18(11-13)33-4/h6-11,16,20H,12H2,1-5H3,(H2,24,27). The van der Waals surface area contributed by atoms with Crippen LogP contribution in [0.2, 0.25) is 0 Å². The first-order valence-corrected chi connectivity index (χ1v) is 12.3. The van der Waals surface area contributed by atoms with Crippen molar-refractivity contribution < 1.29 is 32.3 Å². The highest BCUT2D eigenvalue weighted by molar-refractivity contribution is 7.90. The van der Waals surface area contributed by atoms with E-state index < -0.39 is 45.4 Å². The third-order valence-electron chi connectivity index (χ3n) is 5.62. The lowest BCUT2D eigenvalue weighted by molar-refractivity contribution is -0.122. The van der Waals surface area contributed by atoms with Crippen LogP contribution in [0, 0.1) is 0 Å². The van der Waals surface area contributed by atoms with Gasteiger partial charge in [0.15, 0.2) is 11.5 Å². The molecule has 0 bridgehead atoms. The molecular formula is C23H27N3O7S. The van der Waals surface area contributed by atoms with Crippen molar-refractivity contribution in [2.75, 3.05) is 40.3 Å². The second-order valence-electron chi connectivity index (χ2n) is 8.24. The van der Waals surface area contributed by atoms with Crippen molar-refractivity contribution in [3.8, 4) is 11.5 Å². The number of ether oxygens (including phenoxy) is 2. The first-order valence-electron chi connectivity index (χ1n) is 10.3. The van der Waals surface area contributed by atoms with Crippen LogP contribution in [-0.2, 0) is 14.6 Å². The van der Waals surface area contributed by atoms with Crippen molar-refractivity contribution in [1.82, 2.24) is 9.80 Å². The van der Waals surface area contributed by atoms with Gasteiger partial charge in [0.2, 0.25) is 5.91 Å². The van der Waals surface area contributed by atoms with Gasteiger partial charge in [0, 0.05) is 6.26 Å². The molecule has 182 valence electrons. The Bertz CT molecular complexity index is 1260. The number of amides is 3. The molecule has 1 heterocycles. The largest absolute Gasteiger partial charge is 0.493 e. The third kappa shape index (κ3) is 4.62. The second kappa shape index (κ2) is 9.43. The summed E-state index contributed by atoms with van der Waals surface area (Å²) in [6.45, 7) is 0. The Morgan fingerprint density at radius 2 is 1.71 bits per heavy atom. The van der Waals surface area contributed by atoms with Crippen LogP contribution >= 0.6 is 0 Å². The van der Waals surface area contributed by atoms with Gasteiger partial charge in [-0.2, -0.15) is 0 Å². The summed E-state index contributed by atoms with van der Waals surface area (Å²) in [5.74, 6) is -1.83. The molecule has 0 spiro atoms. The minimum absolute atomic E-state index is 0.0315. The number of carbonyl (C=O) groups excluding carboxylic acids is 3. The highest BCUT2D eigenvalue weighted by Crippen LogP contribution is 2.38. The smallest absolute Gasteiger partial charge is 0.262 e. The van der Waals surface area contributed by atoms with Crippen molar-refractivity contribution in [3.05, 3.63) is 58.7 Å². The Morgan fingerprint density at radius 3 is 2.24 bits per heavy atom. The van der Waals surface area contributed by atoms with Crippen molar-refractivity contribution >= 4 is 27.6 Å². The van der Waals surface area contributed by atoms with Crippen LogP contribution < -0.4 is 15.2 Å². The number of imide groups is 1. The molecule has 0 radical (unpaired) electrons. The minimum atomic E-state index is -3.63. The van der Waals surface area contributed by atoms with Crippen molar-refractivity contribution in [1.29, 1.82) is 0 Å². The molecule has 2 aromatic carbocycles. The molecule has 0 aromatic heterocycles. The van der Waals surface area contributed by atoms with Crippen LogP contribution in [0.4, 0.5) is 0 Å². The Labute approximate surface area is 198 Å². The number of primary amides is 1. The molecule has 1 aliphatic rings. The van der Waals surface area contributed by atoms with E-state index in [9.17, 15) is 22.8 Å². The van der Waals surface area contributed by atoms with Gasteiger partial charge in [-0.15, -0.1) is 0 Å². The van der Waals surface area contributed by atoms with E-state index in [1.54, 1.807) is 43.3 Å². The number of benzene rings is 2. The molecule has 1 aliphatic heterocycles. The summed E-state index contributed by atoms with van der Waals surface area (Å²) in [4.78, 5) is 41.7. The van der Waals surface area contributed by atoms with E-state index in [0.717, 1.165) is 11.2 Å². The van der Waals surface area contributed by atoms with Gasteiger partial charge in [0.25, 0.3) is 11.8 Å². The van der Waals surface area contributed by atoms with Gasteiger partial charge in [-0.3, -0.25) is 24.2 Å². The highest BCUT2D eigenvalue weighted by Gasteiger charge is 2.44. The normalized spacial score (nSPS) is 15.3. The predicted molar refractivity (Wildman–Crippen MR) is 125 cm³/mol. The fourth-order valence-corrected chi connectivity index (χ4v) is 5.11. The zero-order valence-corrected chi connectivity index (χ0v) is 20.4. The van der Waals surface area contributed by atoms with E-state index in [0.29, 0.717) is 17.1 Å². The van der Waals surface area contributed by atoms with E-state index in [4.69, 9.17) is 15.2 Å². The van der Waals surface area contributed by atoms with Crippen LogP contribution in [0.5, 0.6) is 11.5 Å². The average Bonchev–Trinajstić information content (AvgIpc) is 3.01. The summed E-state index contributed by atoms with van der Waals surface area (Å²) >= 11 is 0. The van der Waals surface area contributed by atoms with Gasteiger partial charge in [-0.25, -0.2) is 8.42 Å². The SMILES string of the molecule is COc1ccc(C(CS(C)(=O)=O)N2C(=O)c3cccc(C(C(N)=O)N(C)C)c3C2=O)cc1OC. The lowest BCUT2D eigenvalue weighted by atomic mass is 9.96. The van der Waals surface area contributed by atoms with E-state index >= 15 is 0 Å². The lowest BCUT2D eigenvalue weighted by Crippen LogP contribution is -2.38. The van der Waals surface area contributed by atoms with Crippen molar-refractivity contribution in [3.63, 3.8) is 0 Å². The van der Waals surface area contributed by atoms with E-state index in [2.05, 4.69) is 0 Å². The van der Waals surface area contributed by atoms with Gasteiger partial charge < -0.3 is 15.2 Å². The van der Waals surface area contributed by atoms with Crippen LogP contribution in [0.3, 0.4) is 0 Å². The number of nitrogens with two attached hydrogens (primary N) is 1. The Kier molecular flexibility index (Phi) is 6.99. The number of rotatable bonds is 9. The molecule has 0 aliphatic carbocycles. The van der Waals surface area contributed by atoms with Gasteiger partial charge in [0.05, 0.1) is 37.1 Å². The van der Waals surface area contributed by atoms with Crippen LogP contribution in [0.15, 0.2) is 36.4 Å². The average molecular weight is 490 g/mol. The first kappa shape index (κ1) is 25.2. The first-order chi connectivity index (χ1) is 15.9. The zero-order valence-electron chi connectivity index (χ0n) is 19.6. The number of nitrogens with zero attached hydrogens (tertiary/aromatic N) is 2. The van der Waals surface area contributed by atoms with Crippen molar-refractivity contribution in [2.24, 2.45) is 5.73 Å². The van der Waals surface area contributed by atoms with Crippen LogP contribution in [0.25, 0.3) is 0 Å². The maximum atomic E-state index is 13.6. The molecule has 3 rings (SSSR count). The second-order valence-corrected chi connectivity index (χ2v) is 10.4. The number of sulfone groups is 1. The molecule has 2 N–H and O–H groups in total.